The highest BCUT2D eigenvalue weighted by molar-refractivity contribution is 5.84. The van der Waals surface area contributed by atoms with Crippen molar-refractivity contribution in [1.82, 2.24) is 24.4 Å². The summed E-state index contributed by atoms with van der Waals surface area (Å²) in [5, 5.41) is 14.2. The topological polar surface area (TPSA) is 110 Å². The van der Waals surface area contributed by atoms with E-state index in [2.05, 4.69) is 30.4 Å². The molecular formula is C21H25N7O3. The van der Waals surface area contributed by atoms with Gasteiger partial charge in [0.15, 0.2) is 5.82 Å². The second-order valence-electron chi connectivity index (χ2n) is 7.10. The van der Waals surface area contributed by atoms with Crippen LogP contribution in [0.4, 0.5) is 5.82 Å². The van der Waals surface area contributed by atoms with Gasteiger partial charge >= 0.3 is 6.01 Å². The third kappa shape index (κ3) is 5.77. The van der Waals surface area contributed by atoms with E-state index in [1.165, 1.54) is 0 Å². The van der Waals surface area contributed by atoms with Crippen LogP contribution in [0.5, 0.6) is 11.8 Å². The molecule has 0 saturated carbocycles. The molecule has 0 spiro atoms. The fourth-order valence-electron chi connectivity index (χ4n) is 3.10. The number of nitrogens with one attached hydrogen (secondary N) is 1. The van der Waals surface area contributed by atoms with Gasteiger partial charge in [0, 0.05) is 43.7 Å². The molecule has 3 aromatic rings. The van der Waals surface area contributed by atoms with E-state index in [0.717, 1.165) is 38.4 Å². The molecule has 1 aliphatic heterocycles. The van der Waals surface area contributed by atoms with Gasteiger partial charge < -0.3 is 14.6 Å². The predicted molar refractivity (Wildman–Crippen MR) is 116 cm³/mol. The Bertz CT molecular complexity index is 1020. The molecule has 3 heterocycles. The summed E-state index contributed by atoms with van der Waals surface area (Å²) in [6, 6.07) is 7.30. The maximum absolute atomic E-state index is 9.96. The van der Waals surface area contributed by atoms with Crippen LogP contribution in [0.2, 0.25) is 0 Å². The SMILES string of the molecule is Cc1ccc(O)c(/C=N/Nc2cc(-n3ccnc3)nc(OCCN3CCOCC3)n2)c1. The number of aromatic nitrogens is 4. The summed E-state index contributed by atoms with van der Waals surface area (Å²) in [7, 11) is 0. The molecule has 31 heavy (non-hydrogen) atoms. The van der Waals surface area contributed by atoms with Crippen molar-refractivity contribution in [2.45, 2.75) is 6.92 Å². The Morgan fingerprint density at radius 1 is 1.26 bits per heavy atom. The smallest absolute Gasteiger partial charge is 0.320 e. The van der Waals surface area contributed by atoms with Crippen LogP contribution in [-0.2, 0) is 4.74 Å². The Balaban J connectivity index is 1.46. The van der Waals surface area contributed by atoms with E-state index in [1.807, 2.05) is 19.1 Å². The van der Waals surface area contributed by atoms with Crippen molar-refractivity contribution in [3.8, 4) is 17.6 Å². The van der Waals surface area contributed by atoms with Crippen LogP contribution < -0.4 is 10.2 Å². The first kappa shape index (κ1) is 20.8. The molecule has 1 aliphatic rings. The van der Waals surface area contributed by atoms with Crippen LogP contribution in [0.1, 0.15) is 11.1 Å². The number of hydrogen-bond acceptors (Lipinski definition) is 9. The van der Waals surface area contributed by atoms with Crippen LogP contribution in [0.15, 0.2) is 48.1 Å². The number of rotatable bonds is 8. The molecule has 0 amide bonds. The lowest BCUT2D eigenvalue weighted by atomic mass is 10.1. The highest BCUT2D eigenvalue weighted by Gasteiger charge is 2.12. The summed E-state index contributed by atoms with van der Waals surface area (Å²) < 4.78 is 12.9. The third-order valence-corrected chi connectivity index (χ3v) is 4.77. The number of nitrogens with zero attached hydrogens (tertiary/aromatic N) is 6. The van der Waals surface area contributed by atoms with Crippen molar-refractivity contribution in [1.29, 1.82) is 0 Å². The van der Waals surface area contributed by atoms with Gasteiger partial charge in [0.05, 0.1) is 19.4 Å². The van der Waals surface area contributed by atoms with Gasteiger partial charge in [0.2, 0.25) is 0 Å². The number of phenols is 1. The third-order valence-electron chi connectivity index (χ3n) is 4.77. The second-order valence-corrected chi connectivity index (χ2v) is 7.10. The van der Waals surface area contributed by atoms with Gasteiger partial charge in [-0.1, -0.05) is 11.6 Å². The average molecular weight is 423 g/mol. The van der Waals surface area contributed by atoms with Crippen molar-refractivity contribution < 1.29 is 14.6 Å². The molecule has 0 atom stereocenters. The van der Waals surface area contributed by atoms with Crippen molar-refractivity contribution in [2.24, 2.45) is 5.10 Å². The molecule has 1 saturated heterocycles. The Labute approximate surface area is 180 Å². The zero-order chi connectivity index (χ0) is 21.5. The number of morpholine rings is 1. The van der Waals surface area contributed by atoms with Gasteiger partial charge in [0.25, 0.3) is 0 Å². The molecular weight excluding hydrogens is 398 g/mol. The molecule has 1 fully saturated rings. The molecule has 2 aromatic heterocycles. The van der Waals surface area contributed by atoms with Crippen LogP contribution in [-0.4, -0.2) is 75.2 Å². The molecule has 0 bridgehead atoms. The van der Waals surface area contributed by atoms with Gasteiger partial charge in [-0.3, -0.25) is 14.9 Å². The number of aromatic hydroxyl groups is 1. The Kier molecular flexibility index (Phi) is 6.70. The predicted octanol–water partition coefficient (Wildman–Crippen LogP) is 1.83. The van der Waals surface area contributed by atoms with Crippen LogP contribution in [0.3, 0.4) is 0 Å². The van der Waals surface area contributed by atoms with Crippen molar-refractivity contribution in [3.05, 3.63) is 54.1 Å². The minimum absolute atomic E-state index is 0.157. The van der Waals surface area contributed by atoms with Crippen LogP contribution >= 0.6 is 0 Å². The summed E-state index contributed by atoms with van der Waals surface area (Å²) in [6.45, 7) is 6.47. The van der Waals surface area contributed by atoms with Crippen molar-refractivity contribution >= 4 is 12.0 Å². The lowest BCUT2D eigenvalue weighted by Gasteiger charge is -2.26. The number of aryl methyl sites for hydroxylation is 1. The normalized spacial score (nSPS) is 14.7. The van der Waals surface area contributed by atoms with Crippen LogP contribution in [0, 0.1) is 6.92 Å². The molecule has 10 heteroatoms. The average Bonchev–Trinajstić information content (AvgIpc) is 3.32. The first-order valence-electron chi connectivity index (χ1n) is 10.1. The first-order valence-corrected chi connectivity index (χ1v) is 10.1. The highest BCUT2D eigenvalue weighted by atomic mass is 16.5. The zero-order valence-corrected chi connectivity index (χ0v) is 17.3. The standard InChI is InChI=1S/C21H25N7O3/c1-16-2-3-18(29)17(12-16)14-23-26-19-13-20(28-5-4-22-15-28)25-21(24-19)31-11-8-27-6-9-30-10-7-27/h2-5,12-15,29H,6-11H2,1H3,(H,24,25,26)/b23-14+. The fraction of sp³-hybridized carbons (Fsp3) is 0.333. The zero-order valence-electron chi connectivity index (χ0n) is 17.3. The number of benzene rings is 1. The second kappa shape index (κ2) is 10.0. The van der Waals surface area contributed by atoms with E-state index in [-0.39, 0.29) is 11.8 Å². The van der Waals surface area contributed by atoms with Crippen LogP contribution in [0.25, 0.3) is 5.82 Å². The summed E-state index contributed by atoms with van der Waals surface area (Å²) in [5.41, 5.74) is 4.53. The number of anilines is 1. The van der Waals surface area contributed by atoms with Crippen molar-refractivity contribution in [2.75, 3.05) is 44.9 Å². The minimum atomic E-state index is 0.157. The lowest BCUT2D eigenvalue weighted by Crippen LogP contribution is -2.38. The maximum Gasteiger partial charge on any atom is 0.320 e. The monoisotopic (exact) mass is 423 g/mol. The van der Waals surface area contributed by atoms with E-state index in [4.69, 9.17) is 9.47 Å². The fourth-order valence-corrected chi connectivity index (χ4v) is 3.10. The summed E-state index contributed by atoms with van der Waals surface area (Å²) >= 11 is 0. The molecule has 0 radical (unpaired) electrons. The maximum atomic E-state index is 9.96. The first-order chi connectivity index (χ1) is 15.2. The largest absolute Gasteiger partial charge is 0.507 e. The van der Waals surface area contributed by atoms with Gasteiger partial charge in [-0.25, -0.2) is 4.98 Å². The van der Waals surface area contributed by atoms with Crippen molar-refractivity contribution in [3.63, 3.8) is 0 Å². The van der Waals surface area contributed by atoms with E-state index in [1.54, 1.807) is 41.6 Å². The van der Waals surface area contributed by atoms with Gasteiger partial charge in [0.1, 0.15) is 24.5 Å². The summed E-state index contributed by atoms with van der Waals surface area (Å²) in [6.07, 6.45) is 6.66. The van der Waals surface area contributed by atoms with Gasteiger partial charge in [-0.2, -0.15) is 15.1 Å². The van der Waals surface area contributed by atoms with E-state index in [0.29, 0.717) is 23.8 Å². The molecule has 0 aliphatic carbocycles. The van der Waals surface area contributed by atoms with E-state index in [9.17, 15) is 5.11 Å². The summed E-state index contributed by atoms with van der Waals surface area (Å²) in [5.74, 6) is 1.22. The molecule has 4 rings (SSSR count). The molecule has 2 N–H and O–H groups in total. The molecule has 0 unspecified atom stereocenters. The number of phenolic OH excluding ortho intramolecular Hbond substituents is 1. The quantitative estimate of drug-likeness (QED) is 0.417. The van der Waals surface area contributed by atoms with Gasteiger partial charge in [-0.15, -0.1) is 0 Å². The lowest BCUT2D eigenvalue weighted by molar-refractivity contribution is 0.0317. The molecule has 10 nitrogen and oxygen atoms in total. The highest BCUT2D eigenvalue weighted by Crippen LogP contribution is 2.18. The Morgan fingerprint density at radius 2 is 2.13 bits per heavy atom. The molecule has 162 valence electrons. The van der Waals surface area contributed by atoms with E-state index >= 15 is 0 Å². The van der Waals surface area contributed by atoms with Gasteiger partial charge in [-0.05, 0) is 19.1 Å². The van der Waals surface area contributed by atoms with E-state index < -0.39 is 0 Å². The number of hydrogen-bond donors (Lipinski definition) is 2. The number of hydrazone groups is 1. The summed E-state index contributed by atoms with van der Waals surface area (Å²) in [4.78, 5) is 15.2. The minimum Gasteiger partial charge on any atom is -0.507 e. The molecule has 1 aromatic carbocycles. The number of ether oxygens (including phenoxy) is 2. The Morgan fingerprint density at radius 3 is 2.94 bits per heavy atom. The number of imidazole rings is 1. The Hall–Kier alpha value is -3.50.